The minimum Gasteiger partial charge on any atom is -0.454 e. The molecule has 114 valence electrons. The molecule has 0 saturated carbocycles. The zero-order valence-corrected chi connectivity index (χ0v) is 12.1. The van der Waals surface area contributed by atoms with Crippen LogP contribution in [0, 0.1) is 0 Å². The Morgan fingerprint density at radius 2 is 1.76 bits per heavy atom. The van der Waals surface area contributed by atoms with Crippen LogP contribution in [0.3, 0.4) is 0 Å². The van der Waals surface area contributed by atoms with Gasteiger partial charge in [0.1, 0.15) is 6.61 Å². The third kappa shape index (κ3) is 6.73. The zero-order chi connectivity index (χ0) is 15.7. The van der Waals surface area contributed by atoms with Crippen molar-refractivity contribution in [3.05, 3.63) is 34.9 Å². The number of carbonyl (C=O) groups is 3. The van der Waals surface area contributed by atoms with Gasteiger partial charge >= 0.3 is 5.97 Å². The predicted molar refractivity (Wildman–Crippen MR) is 74.5 cm³/mol. The first-order valence-electron chi connectivity index (χ1n) is 6.11. The largest absolute Gasteiger partial charge is 0.454 e. The summed E-state index contributed by atoms with van der Waals surface area (Å²) < 4.78 is 9.42. The van der Waals surface area contributed by atoms with Crippen molar-refractivity contribution in [3.8, 4) is 0 Å². The van der Waals surface area contributed by atoms with Gasteiger partial charge in [0.2, 0.25) is 0 Å². The Labute approximate surface area is 126 Å². The molecule has 0 bridgehead atoms. The van der Waals surface area contributed by atoms with E-state index < -0.39 is 24.4 Å². The van der Waals surface area contributed by atoms with Crippen LogP contribution < -0.4 is 10.9 Å². The molecule has 21 heavy (non-hydrogen) atoms. The summed E-state index contributed by atoms with van der Waals surface area (Å²) >= 11 is 5.69. The predicted octanol–water partition coefficient (Wildman–Crippen LogP) is 0.681. The molecule has 0 radical (unpaired) electrons. The van der Waals surface area contributed by atoms with Crippen molar-refractivity contribution in [2.75, 3.05) is 19.8 Å². The molecule has 0 unspecified atom stereocenters. The van der Waals surface area contributed by atoms with Gasteiger partial charge in [-0.3, -0.25) is 20.4 Å². The van der Waals surface area contributed by atoms with Crippen LogP contribution >= 0.6 is 11.6 Å². The van der Waals surface area contributed by atoms with E-state index in [2.05, 4.69) is 15.6 Å². The lowest BCUT2D eigenvalue weighted by Gasteiger charge is -2.08. The van der Waals surface area contributed by atoms with Gasteiger partial charge in [0.05, 0.1) is 0 Å². The standard InChI is InChI=1S/C13H15ClN2O5/c1-2-20-8-12(18)21-7-11(17)15-16-13(19)9-3-5-10(14)6-4-9/h3-6H,2,7-8H2,1H3,(H,15,17)(H,16,19). The number of hydrogen-bond donors (Lipinski definition) is 2. The molecule has 0 aliphatic heterocycles. The molecular formula is C13H15ClN2O5. The van der Waals surface area contributed by atoms with Crippen LogP contribution in [0.4, 0.5) is 0 Å². The monoisotopic (exact) mass is 314 g/mol. The summed E-state index contributed by atoms with van der Waals surface area (Å²) in [5.41, 5.74) is 4.63. The quantitative estimate of drug-likeness (QED) is 0.595. The van der Waals surface area contributed by atoms with E-state index in [1.165, 1.54) is 12.1 Å². The molecule has 8 heteroatoms. The topological polar surface area (TPSA) is 93.7 Å². The fraction of sp³-hybridized carbons (Fsp3) is 0.308. The fourth-order valence-electron chi connectivity index (χ4n) is 1.21. The number of halogens is 1. The van der Waals surface area contributed by atoms with Crippen LogP contribution in [0.15, 0.2) is 24.3 Å². The zero-order valence-electron chi connectivity index (χ0n) is 11.3. The van der Waals surface area contributed by atoms with Crippen molar-refractivity contribution >= 4 is 29.4 Å². The second-order valence-corrected chi connectivity index (χ2v) is 4.24. The van der Waals surface area contributed by atoms with Crippen LogP contribution in [0.2, 0.25) is 5.02 Å². The highest BCUT2D eigenvalue weighted by Gasteiger charge is 2.09. The molecule has 7 nitrogen and oxygen atoms in total. The van der Waals surface area contributed by atoms with Crippen LogP contribution in [-0.2, 0) is 19.1 Å². The van der Waals surface area contributed by atoms with Gasteiger partial charge in [-0.2, -0.15) is 0 Å². The molecule has 2 N–H and O–H groups in total. The minimum atomic E-state index is -0.665. The molecule has 0 heterocycles. The summed E-state index contributed by atoms with van der Waals surface area (Å²) in [5, 5.41) is 0.497. The Morgan fingerprint density at radius 1 is 1.10 bits per heavy atom. The van der Waals surface area contributed by atoms with Gasteiger partial charge in [0, 0.05) is 17.2 Å². The van der Waals surface area contributed by atoms with Gasteiger partial charge < -0.3 is 9.47 Å². The molecule has 1 aromatic rings. The van der Waals surface area contributed by atoms with E-state index in [0.29, 0.717) is 17.2 Å². The highest BCUT2D eigenvalue weighted by molar-refractivity contribution is 6.30. The molecule has 0 atom stereocenters. The van der Waals surface area contributed by atoms with Crippen LogP contribution in [0.1, 0.15) is 17.3 Å². The smallest absolute Gasteiger partial charge is 0.332 e. The lowest BCUT2D eigenvalue weighted by molar-refractivity contribution is -0.152. The number of benzene rings is 1. The number of carbonyl (C=O) groups excluding carboxylic acids is 3. The molecule has 1 aromatic carbocycles. The first-order chi connectivity index (χ1) is 10.0. The van der Waals surface area contributed by atoms with E-state index in [-0.39, 0.29) is 6.61 Å². The van der Waals surface area contributed by atoms with Crippen molar-refractivity contribution < 1.29 is 23.9 Å². The summed E-state index contributed by atoms with van der Waals surface area (Å²) in [6.45, 7) is 1.37. The third-order valence-corrected chi connectivity index (χ3v) is 2.46. The SMILES string of the molecule is CCOCC(=O)OCC(=O)NNC(=O)c1ccc(Cl)cc1. The Kier molecular flexibility index (Phi) is 7.20. The molecule has 0 spiro atoms. The number of esters is 1. The third-order valence-electron chi connectivity index (χ3n) is 2.21. The fourth-order valence-corrected chi connectivity index (χ4v) is 1.34. The molecular weight excluding hydrogens is 300 g/mol. The van der Waals surface area contributed by atoms with Crippen LogP contribution in [0.25, 0.3) is 0 Å². The molecule has 0 saturated heterocycles. The first-order valence-corrected chi connectivity index (χ1v) is 6.49. The summed E-state index contributed by atoms with van der Waals surface area (Å²) in [7, 11) is 0. The number of amides is 2. The average Bonchev–Trinajstić information content (AvgIpc) is 2.49. The van der Waals surface area contributed by atoms with Gasteiger partial charge in [0.15, 0.2) is 6.61 Å². The van der Waals surface area contributed by atoms with E-state index in [1.54, 1.807) is 19.1 Å². The number of nitrogens with one attached hydrogen (secondary N) is 2. The van der Waals surface area contributed by atoms with Gasteiger partial charge in [0.25, 0.3) is 11.8 Å². The van der Waals surface area contributed by atoms with Crippen molar-refractivity contribution in [1.82, 2.24) is 10.9 Å². The lowest BCUT2D eigenvalue weighted by atomic mass is 10.2. The maximum absolute atomic E-state index is 11.6. The Hall–Kier alpha value is -2.12. The molecule has 1 rings (SSSR count). The molecule has 0 aliphatic carbocycles. The van der Waals surface area contributed by atoms with E-state index in [9.17, 15) is 14.4 Å². The molecule has 0 fully saturated rings. The Balaban J connectivity index is 2.28. The Morgan fingerprint density at radius 3 is 2.38 bits per heavy atom. The molecule has 2 amide bonds. The van der Waals surface area contributed by atoms with Gasteiger partial charge in [-0.15, -0.1) is 0 Å². The van der Waals surface area contributed by atoms with E-state index in [1.807, 2.05) is 0 Å². The average molecular weight is 315 g/mol. The maximum atomic E-state index is 11.6. The normalized spacial score (nSPS) is 9.81. The summed E-state index contributed by atoms with van der Waals surface area (Å²) in [6.07, 6.45) is 0. The van der Waals surface area contributed by atoms with E-state index in [4.69, 9.17) is 16.3 Å². The minimum absolute atomic E-state index is 0.221. The first kappa shape index (κ1) is 16.9. The second kappa shape index (κ2) is 8.93. The van der Waals surface area contributed by atoms with E-state index >= 15 is 0 Å². The van der Waals surface area contributed by atoms with Crippen LogP contribution in [0.5, 0.6) is 0 Å². The summed E-state index contributed by atoms with van der Waals surface area (Å²) in [5.74, 6) is -1.83. The second-order valence-electron chi connectivity index (χ2n) is 3.81. The summed E-state index contributed by atoms with van der Waals surface area (Å²) in [4.78, 5) is 34.1. The molecule has 0 aromatic heterocycles. The highest BCUT2D eigenvalue weighted by atomic mass is 35.5. The van der Waals surface area contributed by atoms with Crippen molar-refractivity contribution in [2.24, 2.45) is 0 Å². The Bertz CT molecular complexity index is 504. The van der Waals surface area contributed by atoms with Crippen molar-refractivity contribution in [3.63, 3.8) is 0 Å². The number of hydrogen-bond acceptors (Lipinski definition) is 5. The number of hydrazine groups is 1. The van der Waals surface area contributed by atoms with E-state index in [0.717, 1.165) is 0 Å². The van der Waals surface area contributed by atoms with Crippen molar-refractivity contribution in [1.29, 1.82) is 0 Å². The highest BCUT2D eigenvalue weighted by Crippen LogP contribution is 2.08. The number of rotatable bonds is 6. The van der Waals surface area contributed by atoms with Crippen molar-refractivity contribution in [2.45, 2.75) is 6.92 Å². The van der Waals surface area contributed by atoms with Gasteiger partial charge in [-0.25, -0.2) is 4.79 Å². The van der Waals surface area contributed by atoms with Gasteiger partial charge in [-0.05, 0) is 31.2 Å². The summed E-state index contributed by atoms with van der Waals surface area (Å²) in [6, 6.07) is 6.11. The number of ether oxygens (including phenoxy) is 2. The maximum Gasteiger partial charge on any atom is 0.332 e. The van der Waals surface area contributed by atoms with Crippen LogP contribution in [-0.4, -0.2) is 37.6 Å². The molecule has 0 aliphatic rings. The van der Waals surface area contributed by atoms with Gasteiger partial charge in [-0.1, -0.05) is 11.6 Å². The lowest BCUT2D eigenvalue weighted by Crippen LogP contribution is -2.43.